The first-order valence-electron chi connectivity index (χ1n) is 11.4. The number of rotatable bonds is 5. The van der Waals surface area contributed by atoms with E-state index >= 15 is 0 Å². The Kier molecular flexibility index (Phi) is 6.05. The molecule has 3 unspecified atom stereocenters. The van der Waals surface area contributed by atoms with Gasteiger partial charge in [0.2, 0.25) is 0 Å². The lowest BCUT2D eigenvalue weighted by Gasteiger charge is -2.29. The number of pyridine rings is 2. The van der Waals surface area contributed by atoms with Gasteiger partial charge in [0.05, 0.1) is 12.2 Å². The van der Waals surface area contributed by atoms with Crippen molar-refractivity contribution in [3.05, 3.63) is 54.0 Å². The summed E-state index contributed by atoms with van der Waals surface area (Å²) in [5, 5.41) is 18.7. The van der Waals surface area contributed by atoms with Crippen LogP contribution in [0.4, 0.5) is 17.6 Å². The lowest BCUT2D eigenvalue weighted by molar-refractivity contribution is -0.184. The highest BCUT2D eigenvalue weighted by Gasteiger charge is 2.48. The number of aliphatic hydroxyl groups is 1. The second kappa shape index (κ2) is 8.95. The van der Waals surface area contributed by atoms with Crippen LogP contribution < -0.4 is 10.5 Å². The molecule has 0 spiro atoms. The lowest BCUT2D eigenvalue weighted by atomic mass is 10.1. The van der Waals surface area contributed by atoms with Crippen LogP contribution in [0.1, 0.15) is 25.5 Å². The monoisotopic (exact) mass is 504 g/mol. The molecular formula is C24H24F4N6O2. The minimum Gasteiger partial charge on any atom is -0.489 e. The Morgan fingerprint density at radius 1 is 1.11 bits per heavy atom. The van der Waals surface area contributed by atoms with E-state index < -0.39 is 30.2 Å². The molecule has 5 rings (SSSR count). The zero-order valence-corrected chi connectivity index (χ0v) is 19.4. The summed E-state index contributed by atoms with van der Waals surface area (Å²) in [6.45, 7) is 3.31. The van der Waals surface area contributed by atoms with E-state index in [9.17, 15) is 22.7 Å². The summed E-state index contributed by atoms with van der Waals surface area (Å²) in [5.41, 5.74) is 6.77. The number of nitrogens with two attached hydrogens (primary N) is 1. The molecule has 1 aliphatic heterocycles. The smallest absolute Gasteiger partial charge is 0.408 e. The van der Waals surface area contributed by atoms with E-state index in [4.69, 9.17) is 10.5 Å². The number of hydrogen-bond acceptors (Lipinski definition) is 7. The molecule has 1 aliphatic rings. The maximum absolute atomic E-state index is 14.2. The number of aliphatic hydroxyl groups excluding tert-OH is 1. The van der Waals surface area contributed by atoms with Crippen LogP contribution in [0.3, 0.4) is 0 Å². The Bertz CT molecular complexity index is 1410. The van der Waals surface area contributed by atoms with Crippen LogP contribution in [0.2, 0.25) is 0 Å². The Labute approximate surface area is 203 Å². The molecule has 4 heterocycles. The molecule has 0 aliphatic carbocycles. The average molecular weight is 504 g/mol. The number of likely N-dealkylation sites (tertiary alicyclic amines) is 1. The lowest BCUT2D eigenvalue weighted by Crippen LogP contribution is -2.38. The van der Waals surface area contributed by atoms with E-state index in [0.717, 1.165) is 4.90 Å². The van der Waals surface area contributed by atoms with E-state index in [0.29, 0.717) is 22.2 Å². The summed E-state index contributed by atoms with van der Waals surface area (Å²) < 4.78 is 63.7. The van der Waals surface area contributed by atoms with Crippen LogP contribution in [0.25, 0.3) is 28.1 Å². The highest BCUT2D eigenvalue weighted by Crippen LogP contribution is 2.39. The maximum atomic E-state index is 14.2. The molecule has 12 heteroatoms. The van der Waals surface area contributed by atoms with Crippen LogP contribution in [0.5, 0.6) is 5.75 Å². The number of nitrogens with zero attached hydrogens (tertiary/aromatic N) is 5. The quantitative estimate of drug-likeness (QED) is 0.401. The molecule has 4 aromatic rings. The maximum Gasteiger partial charge on any atom is 0.408 e. The van der Waals surface area contributed by atoms with Gasteiger partial charge in [0.1, 0.15) is 28.8 Å². The van der Waals surface area contributed by atoms with Crippen molar-refractivity contribution in [1.29, 1.82) is 0 Å². The van der Waals surface area contributed by atoms with E-state index in [2.05, 4.69) is 15.2 Å². The fraction of sp³-hybridized carbons (Fsp3) is 0.375. The standard InChI is InChI=1S/C24H24F4N6O2/c1-12(2)36-19-8-15(25)7-13-3-5-17(30-21(13)19)23-32-31-20-6-4-14(9-34(20)23)22(24(26,27)28)33-10-16(29)18(35)11-33/h3-9,12,16,18,22,35H,10-11,29H2,1-2H3. The third kappa shape index (κ3) is 4.47. The minimum atomic E-state index is -4.61. The molecule has 0 amide bonds. The SMILES string of the molecule is CC(C)Oc1cc(F)cc2ccc(-c3nnc4ccc(C(N5CC(N)C(O)C5)C(F)(F)F)cn34)nc12. The number of β-amino-alcohol motifs (C(OH)–C–C–N with tert-alkyl or cyclic N) is 1. The molecule has 3 N–H and O–H groups in total. The topological polar surface area (TPSA) is 102 Å². The van der Waals surface area contributed by atoms with Gasteiger partial charge in [-0.3, -0.25) is 9.30 Å². The number of alkyl halides is 3. The molecule has 1 aromatic carbocycles. The van der Waals surface area contributed by atoms with Gasteiger partial charge in [-0.1, -0.05) is 12.1 Å². The highest BCUT2D eigenvalue weighted by atomic mass is 19.4. The second-order valence-electron chi connectivity index (χ2n) is 9.18. The summed E-state index contributed by atoms with van der Waals surface area (Å²) in [6.07, 6.45) is -4.56. The van der Waals surface area contributed by atoms with Gasteiger partial charge < -0.3 is 15.6 Å². The summed E-state index contributed by atoms with van der Waals surface area (Å²) >= 11 is 0. The van der Waals surface area contributed by atoms with Crippen molar-refractivity contribution in [2.75, 3.05) is 13.1 Å². The van der Waals surface area contributed by atoms with Crippen molar-refractivity contribution in [3.8, 4) is 17.3 Å². The van der Waals surface area contributed by atoms with Crippen molar-refractivity contribution in [3.63, 3.8) is 0 Å². The van der Waals surface area contributed by atoms with Gasteiger partial charge in [-0.25, -0.2) is 9.37 Å². The minimum absolute atomic E-state index is 0.0518. The zero-order chi connectivity index (χ0) is 25.8. The Hall–Kier alpha value is -3.35. The van der Waals surface area contributed by atoms with Gasteiger partial charge in [-0.05, 0) is 37.6 Å². The van der Waals surface area contributed by atoms with Crippen molar-refractivity contribution >= 4 is 16.6 Å². The van der Waals surface area contributed by atoms with Crippen molar-refractivity contribution < 1.29 is 27.4 Å². The zero-order valence-electron chi connectivity index (χ0n) is 19.4. The van der Waals surface area contributed by atoms with Crippen LogP contribution >= 0.6 is 0 Å². The average Bonchev–Trinajstić information content (AvgIpc) is 3.34. The molecule has 1 saturated heterocycles. The third-order valence-electron chi connectivity index (χ3n) is 6.09. The first-order valence-corrected chi connectivity index (χ1v) is 11.4. The highest BCUT2D eigenvalue weighted by molar-refractivity contribution is 5.86. The first kappa shape index (κ1) is 24.3. The van der Waals surface area contributed by atoms with Crippen molar-refractivity contribution in [1.82, 2.24) is 24.5 Å². The molecular weight excluding hydrogens is 480 g/mol. The summed E-state index contributed by atoms with van der Waals surface area (Å²) in [6, 6.07) is 5.85. The third-order valence-corrected chi connectivity index (χ3v) is 6.09. The summed E-state index contributed by atoms with van der Waals surface area (Å²) in [5.74, 6) is -0.0136. The van der Waals surface area contributed by atoms with E-state index in [1.807, 2.05) is 0 Å². The van der Waals surface area contributed by atoms with Crippen LogP contribution in [0.15, 0.2) is 42.6 Å². The summed E-state index contributed by atoms with van der Waals surface area (Å²) in [4.78, 5) is 5.71. The second-order valence-corrected chi connectivity index (χ2v) is 9.18. The van der Waals surface area contributed by atoms with E-state index in [1.165, 1.54) is 34.9 Å². The van der Waals surface area contributed by atoms with Gasteiger partial charge in [-0.15, -0.1) is 10.2 Å². The Morgan fingerprint density at radius 2 is 1.89 bits per heavy atom. The molecule has 190 valence electrons. The summed E-state index contributed by atoms with van der Waals surface area (Å²) in [7, 11) is 0. The van der Waals surface area contributed by atoms with Crippen LogP contribution in [-0.2, 0) is 0 Å². The fourth-order valence-electron chi connectivity index (χ4n) is 4.54. The molecule has 0 radical (unpaired) electrons. The van der Waals surface area contributed by atoms with Gasteiger partial charge in [0.15, 0.2) is 11.5 Å². The predicted molar refractivity (Wildman–Crippen MR) is 124 cm³/mol. The Morgan fingerprint density at radius 3 is 2.56 bits per heavy atom. The normalized spacial score (nSPS) is 20.0. The first-order chi connectivity index (χ1) is 17.0. The van der Waals surface area contributed by atoms with Gasteiger partial charge in [0, 0.05) is 36.8 Å². The largest absolute Gasteiger partial charge is 0.489 e. The van der Waals surface area contributed by atoms with Crippen molar-refractivity contribution in [2.24, 2.45) is 5.73 Å². The van der Waals surface area contributed by atoms with Gasteiger partial charge in [0.25, 0.3) is 0 Å². The van der Waals surface area contributed by atoms with Gasteiger partial charge >= 0.3 is 6.18 Å². The molecule has 1 fully saturated rings. The molecule has 36 heavy (non-hydrogen) atoms. The number of fused-ring (bicyclic) bond motifs is 2. The molecule has 0 saturated carbocycles. The number of benzene rings is 1. The van der Waals surface area contributed by atoms with E-state index in [-0.39, 0.29) is 36.3 Å². The predicted octanol–water partition coefficient (Wildman–Crippen LogP) is 3.48. The molecule has 8 nitrogen and oxygen atoms in total. The number of halogens is 4. The molecule has 3 atom stereocenters. The molecule has 3 aromatic heterocycles. The number of aromatic nitrogens is 4. The van der Waals surface area contributed by atoms with E-state index in [1.54, 1.807) is 26.0 Å². The Balaban J connectivity index is 1.61. The fourth-order valence-corrected chi connectivity index (χ4v) is 4.54. The number of hydrogen-bond donors (Lipinski definition) is 2. The van der Waals surface area contributed by atoms with Gasteiger partial charge in [-0.2, -0.15) is 13.2 Å². The molecule has 0 bridgehead atoms. The van der Waals surface area contributed by atoms with Crippen LogP contribution in [0, 0.1) is 5.82 Å². The number of ether oxygens (including phenoxy) is 1. The van der Waals surface area contributed by atoms with Crippen molar-refractivity contribution in [2.45, 2.75) is 44.3 Å². The van der Waals surface area contributed by atoms with Crippen LogP contribution in [-0.4, -0.2) is 67.1 Å².